The third kappa shape index (κ3) is 17.2. The molecule has 0 saturated heterocycles. The molecule has 0 amide bonds. The molecule has 2 aliphatic carbocycles. The van der Waals surface area contributed by atoms with E-state index in [0.717, 1.165) is 44.9 Å². The SMILES string of the molecule is CCCCCCCCCCCCCCCOc1cccc(C(=O)OCCOC(=O)CCCC=CC[C@@H]2[C@@H](C=CC[C@H](O)C3(CC)CCC3)[C@H](O)C[C@H]2Cl)c1. The zero-order valence-corrected chi connectivity index (χ0v) is 34.5. The number of aliphatic hydroxyl groups is 2. The Balaban J connectivity index is 1.19. The Labute approximate surface area is 332 Å². The Bertz CT molecular complexity index is 1220. The van der Waals surface area contributed by atoms with E-state index in [1.807, 2.05) is 12.1 Å². The van der Waals surface area contributed by atoms with Crippen LogP contribution in [0.5, 0.6) is 5.75 Å². The van der Waals surface area contributed by atoms with Crippen molar-refractivity contribution in [2.24, 2.45) is 17.3 Å². The van der Waals surface area contributed by atoms with Crippen LogP contribution in [0.1, 0.15) is 172 Å². The number of rotatable bonds is 30. The number of unbranched alkanes of at least 4 members (excludes halogenated alkanes) is 13. The summed E-state index contributed by atoms with van der Waals surface area (Å²) in [6.45, 7) is 5.07. The number of halogens is 1. The van der Waals surface area contributed by atoms with Crippen molar-refractivity contribution in [1.82, 2.24) is 0 Å². The maximum Gasteiger partial charge on any atom is 0.338 e. The Hall–Kier alpha value is -2.35. The van der Waals surface area contributed by atoms with E-state index in [9.17, 15) is 19.8 Å². The summed E-state index contributed by atoms with van der Waals surface area (Å²) in [5.41, 5.74) is 0.488. The highest BCUT2D eigenvalue weighted by Crippen LogP contribution is 2.48. The van der Waals surface area contributed by atoms with Crippen molar-refractivity contribution in [3.05, 3.63) is 54.1 Å². The number of esters is 2. The first-order chi connectivity index (χ1) is 26.3. The second-order valence-corrected chi connectivity index (χ2v) is 16.4. The summed E-state index contributed by atoms with van der Waals surface area (Å²) in [6.07, 6.45) is 32.5. The number of allylic oxidation sites excluding steroid dienone is 2. The minimum Gasteiger partial charge on any atom is -0.494 e. The molecule has 3 rings (SSSR count). The van der Waals surface area contributed by atoms with Crippen LogP contribution in [0.4, 0.5) is 0 Å². The first-order valence-corrected chi connectivity index (χ1v) is 22.1. The maximum atomic E-state index is 12.5. The Morgan fingerprint density at radius 2 is 1.54 bits per heavy atom. The normalized spacial score (nSPS) is 21.4. The van der Waals surface area contributed by atoms with Gasteiger partial charge in [0.1, 0.15) is 19.0 Å². The summed E-state index contributed by atoms with van der Waals surface area (Å²) in [7, 11) is 0. The van der Waals surface area contributed by atoms with E-state index < -0.39 is 12.1 Å². The molecule has 2 fully saturated rings. The summed E-state index contributed by atoms with van der Waals surface area (Å²) in [5, 5.41) is 21.3. The van der Waals surface area contributed by atoms with Crippen LogP contribution in [0, 0.1) is 17.3 Å². The monoisotopic (exact) mass is 773 g/mol. The Morgan fingerprint density at radius 3 is 2.19 bits per heavy atom. The standard InChI is InChI=1S/C46H73ClO7/c1-3-5-6-7-8-9-10-11-12-13-14-17-20-32-52-38-25-21-24-37(35-38)45(51)54-34-33-53-44(50)29-19-16-15-18-26-39-40(42(48)36-41(39)47)27-22-28-43(49)46(4-2)30-23-31-46/h15,18,21-22,24-25,27,35,39-43,48-49H,3-14,16-17,19-20,23,26,28-34,36H2,1-2H3/t39-,40-,41-,42-,43+/m1/s1. The fourth-order valence-electron chi connectivity index (χ4n) is 8.04. The van der Waals surface area contributed by atoms with Crippen molar-refractivity contribution in [2.75, 3.05) is 19.8 Å². The number of hydrogen-bond acceptors (Lipinski definition) is 7. The predicted molar refractivity (Wildman–Crippen MR) is 220 cm³/mol. The van der Waals surface area contributed by atoms with E-state index >= 15 is 0 Å². The van der Waals surface area contributed by atoms with E-state index in [1.165, 1.54) is 77.0 Å². The van der Waals surface area contributed by atoms with E-state index in [0.29, 0.717) is 37.2 Å². The molecule has 2 saturated carbocycles. The molecule has 0 radical (unpaired) electrons. The van der Waals surface area contributed by atoms with E-state index in [-0.39, 0.29) is 54.3 Å². The summed E-state index contributed by atoms with van der Waals surface area (Å²) in [4.78, 5) is 24.8. The molecule has 8 heteroatoms. The average molecular weight is 774 g/mol. The smallest absolute Gasteiger partial charge is 0.338 e. The average Bonchev–Trinajstić information content (AvgIpc) is 3.42. The van der Waals surface area contributed by atoms with Crippen LogP contribution in [0.15, 0.2) is 48.6 Å². The van der Waals surface area contributed by atoms with Crippen molar-refractivity contribution in [2.45, 2.75) is 179 Å². The minimum atomic E-state index is -0.472. The van der Waals surface area contributed by atoms with Gasteiger partial charge < -0.3 is 24.4 Å². The van der Waals surface area contributed by atoms with Gasteiger partial charge in [0.2, 0.25) is 0 Å². The third-order valence-electron chi connectivity index (χ3n) is 11.8. The van der Waals surface area contributed by atoms with Crippen molar-refractivity contribution in [1.29, 1.82) is 0 Å². The molecular weight excluding hydrogens is 700 g/mol. The van der Waals surface area contributed by atoms with Gasteiger partial charge in [0.25, 0.3) is 0 Å². The predicted octanol–water partition coefficient (Wildman–Crippen LogP) is 11.5. The van der Waals surface area contributed by atoms with Gasteiger partial charge in [-0.1, -0.05) is 128 Å². The number of benzene rings is 1. The molecule has 2 N–H and O–H groups in total. The minimum absolute atomic E-state index is 0.00456. The van der Waals surface area contributed by atoms with Crippen LogP contribution < -0.4 is 4.74 Å². The first kappa shape index (κ1) is 46.0. The van der Waals surface area contributed by atoms with Crippen LogP contribution >= 0.6 is 11.6 Å². The third-order valence-corrected chi connectivity index (χ3v) is 12.3. The van der Waals surface area contributed by atoms with Gasteiger partial charge >= 0.3 is 11.9 Å². The Morgan fingerprint density at radius 1 is 0.870 bits per heavy atom. The fourth-order valence-corrected chi connectivity index (χ4v) is 8.49. The molecule has 1 aromatic rings. The molecule has 0 bridgehead atoms. The lowest BCUT2D eigenvalue weighted by molar-refractivity contribution is -0.144. The van der Waals surface area contributed by atoms with Crippen LogP contribution in [0.25, 0.3) is 0 Å². The van der Waals surface area contributed by atoms with Gasteiger partial charge in [0, 0.05) is 17.7 Å². The summed E-state index contributed by atoms with van der Waals surface area (Å²) >= 11 is 6.62. The molecule has 0 heterocycles. The maximum absolute atomic E-state index is 12.5. The van der Waals surface area contributed by atoms with Gasteiger partial charge in [-0.15, -0.1) is 11.6 Å². The number of alkyl halides is 1. The molecule has 0 spiro atoms. The molecule has 2 aliphatic rings. The highest BCUT2D eigenvalue weighted by Gasteiger charge is 2.42. The topological polar surface area (TPSA) is 102 Å². The zero-order chi connectivity index (χ0) is 38.9. The largest absolute Gasteiger partial charge is 0.494 e. The van der Waals surface area contributed by atoms with Gasteiger partial charge in [0.15, 0.2) is 0 Å². The number of hydrogen-bond donors (Lipinski definition) is 2. The first-order valence-electron chi connectivity index (χ1n) is 21.7. The van der Waals surface area contributed by atoms with Crippen molar-refractivity contribution in [3.8, 4) is 5.75 Å². The van der Waals surface area contributed by atoms with Crippen LogP contribution in [-0.4, -0.2) is 59.6 Å². The number of aliphatic hydroxyl groups excluding tert-OH is 2. The fraction of sp³-hybridized carbons (Fsp3) is 0.739. The van der Waals surface area contributed by atoms with Gasteiger partial charge in [-0.2, -0.15) is 0 Å². The second-order valence-electron chi connectivity index (χ2n) is 15.9. The zero-order valence-electron chi connectivity index (χ0n) is 33.7. The van der Waals surface area contributed by atoms with Gasteiger partial charge in [-0.3, -0.25) is 4.79 Å². The molecular formula is C46H73ClO7. The molecule has 54 heavy (non-hydrogen) atoms. The van der Waals surface area contributed by atoms with Crippen LogP contribution in [0.2, 0.25) is 0 Å². The molecule has 0 aliphatic heterocycles. The second kappa shape index (κ2) is 27.3. The molecule has 0 unspecified atom stereocenters. The van der Waals surface area contributed by atoms with Gasteiger partial charge in [0.05, 0.1) is 24.4 Å². The number of carbonyl (C=O) groups excluding carboxylic acids is 2. The lowest BCUT2D eigenvalue weighted by atomic mass is 9.63. The van der Waals surface area contributed by atoms with Gasteiger partial charge in [-0.25, -0.2) is 4.79 Å². The lowest BCUT2D eigenvalue weighted by Crippen LogP contribution is -2.40. The van der Waals surface area contributed by atoms with E-state index in [4.69, 9.17) is 25.8 Å². The van der Waals surface area contributed by atoms with Gasteiger partial charge in [-0.05, 0) is 87.3 Å². The highest BCUT2D eigenvalue weighted by atomic mass is 35.5. The number of ether oxygens (including phenoxy) is 3. The molecule has 0 aromatic heterocycles. The Kier molecular flexibility index (Phi) is 23.3. The highest BCUT2D eigenvalue weighted by molar-refractivity contribution is 6.21. The summed E-state index contributed by atoms with van der Waals surface area (Å²) < 4.78 is 16.5. The molecule has 306 valence electrons. The van der Waals surface area contributed by atoms with Crippen molar-refractivity contribution < 1.29 is 34.0 Å². The van der Waals surface area contributed by atoms with E-state index in [2.05, 4.69) is 32.1 Å². The number of carbonyl (C=O) groups is 2. The lowest BCUT2D eigenvalue weighted by Gasteiger charge is -2.45. The molecule has 1 aromatic carbocycles. The quantitative estimate of drug-likeness (QED) is 0.0347. The van der Waals surface area contributed by atoms with E-state index in [1.54, 1.807) is 18.2 Å². The van der Waals surface area contributed by atoms with Crippen LogP contribution in [0.3, 0.4) is 0 Å². The summed E-state index contributed by atoms with van der Waals surface area (Å²) in [6, 6.07) is 7.04. The van der Waals surface area contributed by atoms with Crippen molar-refractivity contribution >= 4 is 23.5 Å². The molecule has 7 nitrogen and oxygen atoms in total. The van der Waals surface area contributed by atoms with Crippen LogP contribution in [-0.2, 0) is 14.3 Å². The summed E-state index contributed by atoms with van der Waals surface area (Å²) in [5.74, 6) is -0.0218. The van der Waals surface area contributed by atoms with Crippen molar-refractivity contribution in [3.63, 3.8) is 0 Å². The molecule has 5 atom stereocenters.